The van der Waals surface area contributed by atoms with Gasteiger partial charge in [0.1, 0.15) is 5.60 Å². The number of amides is 1. The van der Waals surface area contributed by atoms with E-state index in [-0.39, 0.29) is 0 Å². The number of carbonyl (C=O) groups excluding carboxylic acids is 1. The first-order valence-corrected chi connectivity index (χ1v) is 4.07. The summed E-state index contributed by atoms with van der Waals surface area (Å²) in [6.45, 7) is 5.20. The molecule has 1 N–H and O–H groups in total. The van der Waals surface area contributed by atoms with Crippen molar-refractivity contribution >= 4 is 6.09 Å². The summed E-state index contributed by atoms with van der Waals surface area (Å²) >= 11 is 0. The fraction of sp³-hybridized carbons (Fsp3) is 0.500. The highest BCUT2D eigenvalue weighted by Crippen LogP contribution is 2.06. The first-order chi connectivity index (χ1) is 6.37. The number of hydrogen-bond acceptors (Lipinski definition) is 3. The summed E-state index contributed by atoms with van der Waals surface area (Å²) in [5.41, 5.74) is 1.64. The Morgan fingerprint density at radius 3 is 2.71 bits per heavy atom. The summed E-state index contributed by atoms with van der Waals surface area (Å²) in [6, 6.07) is 0. The van der Waals surface area contributed by atoms with Crippen LogP contribution in [0.3, 0.4) is 0 Å². The Morgan fingerprint density at radius 2 is 2.29 bits per heavy atom. The molecule has 1 aromatic heterocycles. The summed E-state index contributed by atoms with van der Waals surface area (Å²) in [6.07, 6.45) is 1.34. The third-order valence-electron chi connectivity index (χ3n) is 1.16. The number of hydrogen-bond donors (Lipinski definition) is 1. The third kappa shape index (κ3) is 3.42. The maximum absolute atomic E-state index is 12.4. The van der Waals surface area contributed by atoms with E-state index < -0.39 is 17.5 Å². The van der Waals surface area contributed by atoms with Crippen LogP contribution in [0, 0.1) is 5.82 Å². The minimum atomic E-state index is -0.680. The Kier molecular flexibility index (Phi) is 2.73. The second-order valence-electron chi connectivity index (χ2n) is 3.72. The lowest BCUT2D eigenvalue weighted by atomic mass is 10.2. The summed E-state index contributed by atoms with van der Waals surface area (Å²) < 4.78 is 17.4. The molecular formula is C8H12FN3O2. The summed E-state index contributed by atoms with van der Waals surface area (Å²) in [7, 11) is 0. The normalized spacial score (nSPS) is 11.1. The molecule has 0 bridgehead atoms. The largest absolute Gasteiger partial charge is 0.443 e. The van der Waals surface area contributed by atoms with E-state index in [4.69, 9.17) is 4.74 Å². The monoisotopic (exact) mass is 201 g/mol. The van der Waals surface area contributed by atoms with Gasteiger partial charge < -0.3 is 4.74 Å². The van der Waals surface area contributed by atoms with Crippen molar-refractivity contribution in [2.45, 2.75) is 26.4 Å². The lowest BCUT2D eigenvalue weighted by Crippen LogP contribution is -2.31. The van der Waals surface area contributed by atoms with E-state index in [1.165, 1.54) is 0 Å². The van der Waals surface area contributed by atoms with E-state index in [1.807, 2.05) is 0 Å². The van der Waals surface area contributed by atoms with Crippen LogP contribution in [0.25, 0.3) is 0 Å². The maximum atomic E-state index is 12.4. The van der Waals surface area contributed by atoms with Crippen LogP contribution in [0.4, 0.5) is 9.18 Å². The molecule has 14 heavy (non-hydrogen) atoms. The van der Waals surface area contributed by atoms with E-state index >= 15 is 0 Å². The van der Waals surface area contributed by atoms with E-state index in [2.05, 4.69) is 10.5 Å². The summed E-state index contributed by atoms with van der Waals surface area (Å²) in [5, 5.41) is 3.52. The van der Waals surface area contributed by atoms with E-state index in [9.17, 15) is 9.18 Å². The Hall–Kier alpha value is -1.59. The van der Waals surface area contributed by atoms with E-state index in [0.29, 0.717) is 0 Å². The molecule has 0 aliphatic rings. The molecule has 1 amide bonds. The molecule has 1 heterocycles. The summed E-state index contributed by atoms with van der Waals surface area (Å²) in [5.74, 6) is -0.527. The van der Waals surface area contributed by atoms with Gasteiger partial charge in [0.05, 0.1) is 12.4 Å². The van der Waals surface area contributed by atoms with Crippen LogP contribution in [0.5, 0.6) is 0 Å². The van der Waals surface area contributed by atoms with E-state index in [1.54, 1.807) is 20.8 Å². The summed E-state index contributed by atoms with van der Waals surface area (Å²) in [4.78, 5) is 12.1. The highest BCUT2D eigenvalue weighted by Gasteiger charge is 2.16. The number of aromatic nitrogens is 2. The minimum Gasteiger partial charge on any atom is -0.443 e. The lowest BCUT2D eigenvalue weighted by Gasteiger charge is -2.19. The molecule has 1 rings (SSSR count). The maximum Gasteiger partial charge on any atom is 0.428 e. The molecule has 5 nitrogen and oxygen atoms in total. The highest BCUT2D eigenvalue weighted by molar-refractivity contribution is 5.75. The fourth-order valence-corrected chi connectivity index (χ4v) is 0.756. The van der Waals surface area contributed by atoms with Crippen molar-refractivity contribution in [3.63, 3.8) is 0 Å². The van der Waals surface area contributed by atoms with Crippen LogP contribution in [-0.4, -0.2) is 21.6 Å². The van der Waals surface area contributed by atoms with Gasteiger partial charge >= 0.3 is 6.09 Å². The Balaban J connectivity index is 2.50. The molecule has 1 aromatic rings. The van der Waals surface area contributed by atoms with Crippen LogP contribution in [0.15, 0.2) is 12.4 Å². The number of halogens is 1. The molecule has 0 saturated carbocycles. The van der Waals surface area contributed by atoms with Gasteiger partial charge in [0.2, 0.25) is 0 Å². The fourth-order valence-electron chi connectivity index (χ4n) is 0.756. The number of rotatable bonds is 1. The second kappa shape index (κ2) is 3.65. The molecule has 0 radical (unpaired) electrons. The van der Waals surface area contributed by atoms with Crippen LogP contribution in [0.1, 0.15) is 20.8 Å². The molecule has 0 aliphatic heterocycles. The topological polar surface area (TPSA) is 56.1 Å². The Bertz CT molecular complexity index is 330. The van der Waals surface area contributed by atoms with Gasteiger partial charge in [-0.1, -0.05) is 0 Å². The highest BCUT2D eigenvalue weighted by atomic mass is 19.1. The number of ether oxygens (including phenoxy) is 1. The van der Waals surface area contributed by atoms with Crippen molar-refractivity contribution in [1.29, 1.82) is 0 Å². The zero-order chi connectivity index (χ0) is 10.8. The molecule has 78 valence electrons. The quantitative estimate of drug-likeness (QED) is 0.749. The van der Waals surface area contributed by atoms with Gasteiger partial charge in [-0.15, -0.1) is 0 Å². The molecule has 0 fully saturated rings. The van der Waals surface area contributed by atoms with Gasteiger partial charge in [0.15, 0.2) is 5.82 Å². The standard InChI is InChI=1S/C8H12FN3O2/c1-8(2,3)14-7(13)11-12-5-6(9)4-10-12/h4-5H,1-3H3,(H,11,13). The molecule has 0 aliphatic carbocycles. The van der Waals surface area contributed by atoms with Crippen molar-refractivity contribution in [3.8, 4) is 0 Å². The molecule has 0 unspecified atom stereocenters. The van der Waals surface area contributed by atoms with Crippen molar-refractivity contribution < 1.29 is 13.9 Å². The Morgan fingerprint density at radius 1 is 1.64 bits per heavy atom. The van der Waals surface area contributed by atoms with Gasteiger partial charge in [-0.25, -0.2) is 14.6 Å². The average molecular weight is 201 g/mol. The van der Waals surface area contributed by atoms with Crippen molar-refractivity contribution in [2.24, 2.45) is 0 Å². The van der Waals surface area contributed by atoms with Crippen LogP contribution in [-0.2, 0) is 4.74 Å². The van der Waals surface area contributed by atoms with Gasteiger partial charge in [0, 0.05) is 0 Å². The Labute approximate surface area is 80.8 Å². The van der Waals surface area contributed by atoms with Gasteiger partial charge in [-0.3, -0.25) is 0 Å². The van der Waals surface area contributed by atoms with Crippen molar-refractivity contribution in [1.82, 2.24) is 9.89 Å². The second-order valence-corrected chi connectivity index (χ2v) is 3.72. The van der Waals surface area contributed by atoms with Crippen molar-refractivity contribution in [2.75, 3.05) is 5.43 Å². The van der Waals surface area contributed by atoms with Crippen molar-refractivity contribution in [3.05, 3.63) is 18.2 Å². The minimum absolute atomic E-state index is 0.527. The third-order valence-corrected chi connectivity index (χ3v) is 1.16. The molecule has 0 saturated heterocycles. The first kappa shape index (κ1) is 10.5. The van der Waals surface area contributed by atoms with Crippen LogP contribution >= 0.6 is 0 Å². The molecule has 0 spiro atoms. The van der Waals surface area contributed by atoms with Crippen LogP contribution < -0.4 is 5.43 Å². The number of carbonyl (C=O) groups is 1. The first-order valence-electron chi connectivity index (χ1n) is 4.07. The molecular weight excluding hydrogens is 189 g/mol. The lowest BCUT2D eigenvalue weighted by molar-refractivity contribution is 0.0609. The van der Waals surface area contributed by atoms with Crippen LogP contribution in [0.2, 0.25) is 0 Å². The molecule has 6 heteroatoms. The van der Waals surface area contributed by atoms with E-state index in [0.717, 1.165) is 17.2 Å². The SMILES string of the molecule is CC(C)(C)OC(=O)Nn1cc(F)cn1. The number of nitrogens with zero attached hydrogens (tertiary/aromatic N) is 2. The smallest absolute Gasteiger partial charge is 0.428 e. The number of nitrogens with one attached hydrogen (secondary N) is 1. The zero-order valence-corrected chi connectivity index (χ0v) is 8.24. The van der Waals surface area contributed by atoms with Gasteiger partial charge in [0.25, 0.3) is 0 Å². The predicted octanol–water partition coefficient (Wildman–Crippen LogP) is 1.50. The average Bonchev–Trinajstić information content (AvgIpc) is 2.30. The zero-order valence-electron chi connectivity index (χ0n) is 8.24. The predicted molar refractivity (Wildman–Crippen MR) is 47.8 cm³/mol. The van der Waals surface area contributed by atoms with Gasteiger partial charge in [-0.2, -0.15) is 9.89 Å². The van der Waals surface area contributed by atoms with Gasteiger partial charge in [-0.05, 0) is 20.8 Å². The molecule has 0 aromatic carbocycles. The molecule has 0 atom stereocenters.